The molecule has 0 bridgehead atoms. The Morgan fingerprint density at radius 1 is 1.36 bits per heavy atom. The Bertz CT molecular complexity index is 1320. The van der Waals surface area contributed by atoms with Crippen molar-refractivity contribution < 1.29 is 13.9 Å². The first-order valence-electron chi connectivity index (χ1n) is 10.7. The number of methoxy groups -OCH3 is 1. The number of ether oxygens (including phenoxy) is 1. The maximum absolute atomic E-state index is 14.0. The van der Waals surface area contributed by atoms with Crippen LogP contribution >= 0.6 is 0 Å². The molecule has 11 heteroatoms. The molecule has 1 unspecified atom stereocenters. The second kappa shape index (κ2) is 8.49. The molecule has 1 aliphatic rings. The third-order valence-electron chi connectivity index (χ3n) is 5.80. The molecule has 0 saturated carbocycles. The number of nitrogens with zero attached hydrogens (tertiary/aromatic N) is 6. The first kappa shape index (κ1) is 20.9. The van der Waals surface area contributed by atoms with Crippen molar-refractivity contribution in [2.75, 3.05) is 23.9 Å². The van der Waals surface area contributed by atoms with E-state index < -0.39 is 5.82 Å². The van der Waals surface area contributed by atoms with E-state index in [1.165, 1.54) is 19.4 Å². The van der Waals surface area contributed by atoms with Gasteiger partial charge in [-0.1, -0.05) is 6.92 Å². The Morgan fingerprint density at radius 3 is 3.03 bits per heavy atom. The van der Waals surface area contributed by atoms with Crippen LogP contribution in [0.4, 0.5) is 16.0 Å². The molecule has 0 spiro atoms. The summed E-state index contributed by atoms with van der Waals surface area (Å²) in [5.74, 6) is 0.735. The van der Waals surface area contributed by atoms with Gasteiger partial charge in [0.05, 0.1) is 25.5 Å². The molecule has 5 rings (SSSR count). The van der Waals surface area contributed by atoms with Crippen molar-refractivity contribution in [2.24, 2.45) is 0 Å². The van der Waals surface area contributed by atoms with Gasteiger partial charge >= 0.3 is 0 Å². The summed E-state index contributed by atoms with van der Waals surface area (Å²) in [4.78, 5) is 23.8. The molecule has 1 amide bonds. The second-order valence-electron chi connectivity index (χ2n) is 7.80. The summed E-state index contributed by atoms with van der Waals surface area (Å²) in [6, 6.07) is 4.94. The van der Waals surface area contributed by atoms with Crippen LogP contribution in [0.15, 0.2) is 36.8 Å². The molecule has 1 saturated heterocycles. The molecule has 4 aromatic rings. The van der Waals surface area contributed by atoms with Gasteiger partial charge in [0.25, 0.3) is 5.91 Å². The smallest absolute Gasteiger partial charge is 0.262 e. The van der Waals surface area contributed by atoms with Crippen LogP contribution in [0.2, 0.25) is 0 Å². The molecule has 33 heavy (non-hydrogen) atoms. The zero-order valence-corrected chi connectivity index (χ0v) is 18.2. The number of carbonyl (C=O) groups is 1. The van der Waals surface area contributed by atoms with Crippen molar-refractivity contribution in [1.29, 1.82) is 0 Å². The average Bonchev–Trinajstić information content (AvgIpc) is 3.57. The fourth-order valence-corrected chi connectivity index (χ4v) is 4.19. The molecule has 5 heterocycles. The highest BCUT2D eigenvalue weighted by atomic mass is 19.1. The highest BCUT2D eigenvalue weighted by Gasteiger charge is 2.31. The minimum atomic E-state index is -0.416. The lowest BCUT2D eigenvalue weighted by molar-refractivity contribution is 0.102. The SMILES string of the molecule is CCc1cc(NC(=O)c2cnn3ccc(N4CCCC4c4cc(F)cnc4OC)nc23)n[nH]1. The minimum Gasteiger partial charge on any atom is -0.481 e. The first-order valence-corrected chi connectivity index (χ1v) is 10.7. The second-order valence-corrected chi connectivity index (χ2v) is 7.80. The molecular weight excluding hydrogens is 427 g/mol. The van der Waals surface area contributed by atoms with E-state index in [-0.39, 0.29) is 11.9 Å². The van der Waals surface area contributed by atoms with Gasteiger partial charge in [-0.25, -0.2) is 18.9 Å². The quantitative estimate of drug-likeness (QED) is 0.464. The number of aromatic nitrogens is 6. The number of halogens is 1. The number of pyridine rings is 1. The van der Waals surface area contributed by atoms with Crippen LogP contribution in [0.1, 0.15) is 47.4 Å². The van der Waals surface area contributed by atoms with Crippen molar-refractivity contribution in [1.82, 2.24) is 29.8 Å². The third-order valence-corrected chi connectivity index (χ3v) is 5.80. The number of nitrogens with one attached hydrogen (secondary N) is 2. The predicted octanol–water partition coefficient (Wildman–Crippen LogP) is 3.15. The topological polar surface area (TPSA) is 113 Å². The Morgan fingerprint density at radius 2 is 2.24 bits per heavy atom. The maximum Gasteiger partial charge on any atom is 0.262 e. The average molecular weight is 450 g/mol. The fraction of sp³-hybridized carbons (Fsp3) is 0.318. The van der Waals surface area contributed by atoms with E-state index in [9.17, 15) is 9.18 Å². The van der Waals surface area contributed by atoms with Crippen molar-refractivity contribution in [2.45, 2.75) is 32.2 Å². The van der Waals surface area contributed by atoms with Crippen molar-refractivity contribution in [3.63, 3.8) is 0 Å². The van der Waals surface area contributed by atoms with E-state index in [4.69, 9.17) is 9.72 Å². The highest BCUT2D eigenvalue weighted by Crippen LogP contribution is 2.38. The van der Waals surface area contributed by atoms with Crippen molar-refractivity contribution in [3.05, 3.63) is 59.4 Å². The van der Waals surface area contributed by atoms with Gasteiger partial charge in [0, 0.05) is 30.1 Å². The summed E-state index contributed by atoms with van der Waals surface area (Å²) in [6.45, 7) is 2.73. The van der Waals surface area contributed by atoms with Gasteiger partial charge < -0.3 is 15.0 Å². The van der Waals surface area contributed by atoms with Crippen LogP contribution in [0, 0.1) is 5.82 Å². The molecule has 0 radical (unpaired) electrons. The molecule has 2 N–H and O–H groups in total. The lowest BCUT2D eigenvalue weighted by Crippen LogP contribution is -2.24. The Labute approximate surface area is 188 Å². The number of fused-ring (bicyclic) bond motifs is 1. The zero-order valence-electron chi connectivity index (χ0n) is 18.2. The van der Waals surface area contributed by atoms with E-state index in [2.05, 4.69) is 30.5 Å². The number of anilines is 2. The van der Waals surface area contributed by atoms with Crippen LogP contribution < -0.4 is 15.0 Å². The maximum atomic E-state index is 14.0. The van der Waals surface area contributed by atoms with Crippen molar-refractivity contribution in [3.8, 4) is 5.88 Å². The van der Waals surface area contributed by atoms with Gasteiger partial charge in [-0.2, -0.15) is 10.2 Å². The lowest BCUT2D eigenvalue weighted by atomic mass is 10.1. The largest absolute Gasteiger partial charge is 0.481 e. The van der Waals surface area contributed by atoms with Crippen LogP contribution in [0.3, 0.4) is 0 Å². The first-order chi connectivity index (χ1) is 16.1. The number of aromatic amines is 1. The highest BCUT2D eigenvalue weighted by molar-refractivity contribution is 6.07. The number of rotatable bonds is 6. The van der Waals surface area contributed by atoms with Crippen LogP contribution in [-0.2, 0) is 6.42 Å². The fourth-order valence-electron chi connectivity index (χ4n) is 4.19. The molecule has 4 aromatic heterocycles. The van der Waals surface area contributed by atoms with Crippen LogP contribution in [0.25, 0.3) is 5.65 Å². The number of amides is 1. The molecule has 0 aromatic carbocycles. The van der Waals surface area contributed by atoms with E-state index in [1.807, 2.05) is 13.0 Å². The minimum absolute atomic E-state index is 0.144. The number of aryl methyl sites for hydroxylation is 1. The summed E-state index contributed by atoms with van der Waals surface area (Å²) in [5, 5.41) is 14.0. The Balaban J connectivity index is 1.47. The number of hydrogen-bond acceptors (Lipinski definition) is 7. The molecule has 170 valence electrons. The molecule has 1 aliphatic heterocycles. The molecule has 1 atom stereocenters. The standard InChI is InChI=1S/C22H23FN8O2/c1-3-14-10-18(29-28-14)26-21(32)16-12-25-31-8-6-19(27-20(16)31)30-7-4-5-17(30)15-9-13(23)11-24-22(15)33-2/h6,8-12,17H,3-5,7H2,1-2H3,(H2,26,28,29,32). The molecular formula is C22H23FN8O2. The van der Waals surface area contributed by atoms with Gasteiger partial charge in [0.1, 0.15) is 17.2 Å². The normalized spacial score (nSPS) is 15.8. The van der Waals surface area contributed by atoms with E-state index in [1.54, 1.807) is 16.8 Å². The van der Waals surface area contributed by atoms with Gasteiger partial charge in [-0.05, 0) is 31.4 Å². The molecule has 10 nitrogen and oxygen atoms in total. The zero-order chi connectivity index (χ0) is 22.9. The summed E-state index contributed by atoms with van der Waals surface area (Å²) >= 11 is 0. The third kappa shape index (κ3) is 3.86. The van der Waals surface area contributed by atoms with E-state index in [0.717, 1.165) is 37.7 Å². The van der Waals surface area contributed by atoms with Crippen LogP contribution in [-0.4, -0.2) is 49.3 Å². The molecule has 0 aliphatic carbocycles. The van der Waals surface area contributed by atoms with Crippen LogP contribution in [0.5, 0.6) is 5.88 Å². The van der Waals surface area contributed by atoms with E-state index >= 15 is 0 Å². The summed E-state index contributed by atoms with van der Waals surface area (Å²) < 4.78 is 20.9. The number of carbonyl (C=O) groups excluding carboxylic acids is 1. The monoisotopic (exact) mass is 450 g/mol. The summed E-state index contributed by atoms with van der Waals surface area (Å²) in [5.41, 5.74) is 2.35. The Hall–Kier alpha value is -4.02. The summed E-state index contributed by atoms with van der Waals surface area (Å²) in [6.07, 6.45) is 6.88. The van der Waals surface area contributed by atoms with Gasteiger partial charge in [-0.15, -0.1) is 0 Å². The van der Waals surface area contributed by atoms with Crippen molar-refractivity contribution >= 4 is 23.2 Å². The van der Waals surface area contributed by atoms with Gasteiger partial charge in [-0.3, -0.25) is 9.89 Å². The van der Waals surface area contributed by atoms with E-state index in [0.29, 0.717) is 34.3 Å². The molecule has 1 fully saturated rings. The van der Waals surface area contributed by atoms with Gasteiger partial charge in [0.2, 0.25) is 5.88 Å². The Kier molecular flexibility index (Phi) is 5.37. The summed E-state index contributed by atoms with van der Waals surface area (Å²) in [7, 11) is 1.52. The predicted molar refractivity (Wildman–Crippen MR) is 119 cm³/mol. The lowest BCUT2D eigenvalue weighted by Gasteiger charge is -2.26. The number of H-pyrrole nitrogens is 1. The number of hydrogen-bond donors (Lipinski definition) is 2. The van der Waals surface area contributed by atoms with Gasteiger partial charge in [0.15, 0.2) is 11.5 Å².